The van der Waals surface area contributed by atoms with Gasteiger partial charge in [-0.1, -0.05) is 24.3 Å². The number of rotatable bonds is 4. The van der Waals surface area contributed by atoms with Crippen molar-refractivity contribution in [2.75, 3.05) is 0 Å². The zero-order chi connectivity index (χ0) is 13.4. The van der Waals surface area contributed by atoms with Gasteiger partial charge >= 0.3 is 0 Å². The third-order valence-corrected chi connectivity index (χ3v) is 4.51. The second-order valence-corrected chi connectivity index (χ2v) is 5.70. The van der Waals surface area contributed by atoms with Crippen molar-refractivity contribution in [3.8, 4) is 0 Å². The number of benzene rings is 1. The van der Waals surface area contributed by atoms with Gasteiger partial charge in [0.05, 0.1) is 22.4 Å². The van der Waals surface area contributed by atoms with Crippen molar-refractivity contribution in [3.63, 3.8) is 0 Å². The normalized spacial score (nSPS) is 18.8. The van der Waals surface area contributed by atoms with Crippen LogP contribution in [0.4, 0.5) is 0 Å². The predicted octanol–water partition coefficient (Wildman–Crippen LogP) is 2.51. The topological polar surface area (TPSA) is 55.9 Å². The first-order chi connectivity index (χ1) is 9.26. The summed E-state index contributed by atoms with van der Waals surface area (Å²) in [5.74, 6) is 6.23. The Morgan fingerprint density at radius 3 is 3.00 bits per heavy atom. The highest BCUT2D eigenvalue weighted by atomic mass is 79.9. The lowest BCUT2D eigenvalue weighted by Crippen LogP contribution is -2.38. The van der Waals surface area contributed by atoms with Crippen LogP contribution in [0.3, 0.4) is 0 Å². The summed E-state index contributed by atoms with van der Waals surface area (Å²) in [6.45, 7) is 2.93. The molecule has 3 N–H and O–H groups in total. The Hall–Kier alpha value is -1.17. The number of hydrogen-bond donors (Lipinski definition) is 2. The third-order valence-electron chi connectivity index (χ3n) is 3.90. The zero-order valence-corrected chi connectivity index (χ0v) is 12.4. The molecule has 0 saturated carbocycles. The Bertz CT molecular complexity index is 593. The minimum absolute atomic E-state index is 0.0896. The fourth-order valence-corrected chi connectivity index (χ4v) is 3.46. The number of nitrogens with two attached hydrogens (primary N) is 1. The maximum Gasteiger partial charge on any atom is 0.0715 e. The van der Waals surface area contributed by atoms with E-state index in [9.17, 15) is 0 Å². The lowest BCUT2D eigenvalue weighted by Gasteiger charge is -2.36. The monoisotopic (exact) mass is 320 g/mol. The van der Waals surface area contributed by atoms with Gasteiger partial charge < -0.3 is 0 Å². The first-order valence-electron chi connectivity index (χ1n) is 6.51. The molecule has 2 aromatic rings. The average molecular weight is 321 g/mol. The summed E-state index contributed by atoms with van der Waals surface area (Å²) in [5, 5.41) is 4.37. The molecule has 2 unspecified atom stereocenters. The summed E-state index contributed by atoms with van der Waals surface area (Å²) >= 11 is 3.58. The van der Waals surface area contributed by atoms with Gasteiger partial charge in [0.1, 0.15) is 0 Å². The van der Waals surface area contributed by atoms with Crippen LogP contribution >= 0.6 is 15.9 Å². The third kappa shape index (κ3) is 2.02. The molecule has 1 aliphatic rings. The van der Waals surface area contributed by atoms with Gasteiger partial charge in [-0.25, -0.2) is 0 Å². The standard InChI is InChI=1S/C14H17BrN4/c1-2-19-14(12(15)8-17-19)13(18-16)11-7-9-5-3-4-6-10(9)11/h3-6,8,11,13,18H,2,7,16H2,1H3. The molecule has 0 radical (unpaired) electrons. The molecule has 0 bridgehead atoms. The van der Waals surface area contributed by atoms with E-state index in [-0.39, 0.29) is 6.04 Å². The van der Waals surface area contributed by atoms with Crippen LogP contribution in [-0.2, 0) is 13.0 Å². The van der Waals surface area contributed by atoms with Gasteiger partial charge in [0.15, 0.2) is 0 Å². The van der Waals surface area contributed by atoms with E-state index in [0.29, 0.717) is 5.92 Å². The van der Waals surface area contributed by atoms with E-state index in [1.54, 1.807) is 0 Å². The first-order valence-corrected chi connectivity index (χ1v) is 7.30. The Labute approximate surface area is 121 Å². The van der Waals surface area contributed by atoms with Gasteiger partial charge in [0.2, 0.25) is 0 Å². The predicted molar refractivity (Wildman–Crippen MR) is 78.6 cm³/mol. The molecule has 100 valence electrons. The van der Waals surface area contributed by atoms with Crippen LogP contribution in [0.25, 0.3) is 0 Å². The molecule has 1 aromatic heterocycles. The summed E-state index contributed by atoms with van der Waals surface area (Å²) in [5.41, 5.74) is 6.91. The number of nitrogens with one attached hydrogen (secondary N) is 1. The average Bonchev–Trinajstić information content (AvgIpc) is 2.77. The fourth-order valence-electron chi connectivity index (χ4n) is 2.91. The van der Waals surface area contributed by atoms with E-state index in [1.165, 1.54) is 11.1 Å². The number of halogens is 1. The van der Waals surface area contributed by atoms with Gasteiger partial charge in [-0.2, -0.15) is 5.10 Å². The highest BCUT2D eigenvalue weighted by Gasteiger charge is 2.35. The van der Waals surface area contributed by atoms with Crippen LogP contribution in [0.15, 0.2) is 34.9 Å². The Morgan fingerprint density at radius 1 is 1.53 bits per heavy atom. The Morgan fingerprint density at radius 2 is 2.32 bits per heavy atom. The Balaban J connectivity index is 1.97. The Kier molecular flexibility index (Phi) is 3.43. The van der Waals surface area contributed by atoms with E-state index in [4.69, 9.17) is 5.84 Å². The van der Waals surface area contributed by atoms with Crippen LogP contribution in [0.2, 0.25) is 0 Å². The van der Waals surface area contributed by atoms with Crippen LogP contribution in [-0.4, -0.2) is 9.78 Å². The molecule has 4 nitrogen and oxygen atoms in total. The number of hydrazine groups is 1. The van der Waals surface area contributed by atoms with Crippen molar-refractivity contribution in [2.24, 2.45) is 5.84 Å². The minimum atomic E-state index is 0.0896. The van der Waals surface area contributed by atoms with Crippen LogP contribution < -0.4 is 11.3 Å². The summed E-state index contributed by atoms with van der Waals surface area (Å²) in [6.07, 6.45) is 2.90. The van der Waals surface area contributed by atoms with E-state index in [2.05, 4.69) is 57.6 Å². The molecule has 0 aliphatic heterocycles. The van der Waals surface area contributed by atoms with Crippen molar-refractivity contribution in [1.29, 1.82) is 0 Å². The molecule has 3 rings (SSSR count). The highest BCUT2D eigenvalue weighted by Crippen LogP contribution is 2.44. The minimum Gasteiger partial charge on any atom is -0.271 e. The smallest absolute Gasteiger partial charge is 0.0715 e. The molecular weight excluding hydrogens is 304 g/mol. The molecular formula is C14H17BrN4. The van der Waals surface area contributed by atoms with Crippen molar-refractivity contribution in [1.82, 2.24) is 15.2 Å². The van der Waals surface area contributed by atoms with E-state index < -0.39 is 0 Å². The van der Waals surface area contributed by atoms with Crippen molar-refractivity contribution < 1.29 is 0 Å². The number of fused-ring (bicyclic) bond motifs is 1. The molecule has 0 spiro atoms. The van der Waals surface area contributed by atoms with Gasteiger partial charge in [-0.15, -0.1) is 0 Å². The molecule has 5 heteroatoms. The van der Waals surface area contributed by atoms with Crippen LogP contribution in [0.5, 0.6) is 0 Å². The summed E-state index contributed by atoms with van der Waals surface area (Å²) in [4.78, 5) is 0. The largest absolute Gasteiger partial charge is 0.271 e. The first kappa shape index (κ1) is 12.8. The van der Waals surface area contributed by atoms with Crippen LogP contribution in [0, 0.1) is 0 Å². The maximum atomic E-state index is 5.81. The highest BCUT2D eigenvalue weighted by molar-refractivity contribution is 9.10. The SMILES string of the molecule is CCn1ncc(Br)c1C(NN)C1Cc2ccccc21. The number of aryl methyl sites for hydroxylation is 1. The second-order valence-electron chi connectivity index (χ2n) is 4.85. The quantitative estimate of drug-likeness (QED) is 0.672. The van der Waals surface area contributed by atoms with Crippen molar-refractivity contribution in [2.45, 2.75) is 31.8 Å². The fraction of sp³-hybridized carbons (Fsp3) is 0.357. The van der Waals surface area contributed by atoms with Crippen molar-refractivity contribution >= 4 is 15.9 Å². The lowest BCUT2D eigenvalue weighted by molar-refractivity contribution is 0.390. The van der Waals surface area contributed by atoms with Crippen LogP contribution in [0.1, 0.15) is 35.7 Å². The van der Waals surface area contributed by atoms with Gasteiger partial charge in [0, 0.05) is 12.5 Å². The zero-order valence-electron chi connectivity index (χ0n) is 10.8. The van der Waals surface area contributed by atoms with Crippen molar-refractivity contribution in [3.05, 3.63) is 51.8 Å². The van der Waals surface area contributed by atoms with E-state index in [0.717, 1.165) is 23.1 Å². The molecule has 1 aromatic carbocycles. The number of nitrogens with zero attached hydrogens (tertiary/aromatic N) is 2. The molecule has 19 heavy (non-hydrogen) atoms. The molecule has 1 aliphatic carbocycles. The van der Waals surface area contributed by atoms with Gasteiger partial charge in [-0.3, -0.25) is 16.0 Å². The summed E-state index contributed by atoms with van der Waals surface area (Å²) < 4.78 is 3.01. The lowest BCUT2D eigenvalue weighted by atomic mass is 9.73. The number of aromatic nitrogens is 2. The molecule has 0 fully saturated rings. The molecule has 0 amide bonds. The second kappa shape index (κ2) is 5.07. The van der Waals surface area contributed by atoms with E-state index in [1.807, 2.05) is 10.9 Å². The number of hydrogen-bond acceptors (Lipinski definition) is 3. The molecule has 2 atom stereocenters. The molecule has 0 saturated heterocycles. The van der Waals surface area contributed by atoms with Gasteiger partial charge in [-0.05, 0) is 40.4 Å². The summed E-state index contributed by atoms with van der Waals surface area (Å²) in [7, 11) is 0. The van der Waals surface area contributed by atoms with Gasteiger partial charge in [0.25, 0.3) is 0 Å². The maximum absolute atomic E-state index is 5.81. The van der Waals surface area contributed by atoms with E-state index >= 15 is 0 Å². The summed E-state index contributed by atoms with van der Waals surface area (Å²) in [6, 6.07) is 8.64. The molecule has 1 heterocycles.